The van der Waals surface area contributed by atoms with Gasteiger partial charge in [-0.3, -0.25) is 4.79 Å². The summed E-state index contributed by atoms with van der Waals surface area (Å²) in [6, 6.07) is 6.50. The number of imidazole rings is 1. The van der Waals surface area contributed by atoms with E-state index in [0.29, 0.717) is 10.1 Å². The average molecular weight is 528 g/mol. The van der Waals surface area contributed by atoms with Gasteiger partial charge >= 0.3 is 0 Å². The Morgan fingerprint density at radius 1 is 1.30 bits per heavy atom. The van der Waals surface area contributed by atoms with Gasteiger partial charge in [-0.05, 0) is 46.9 Å². The standard InChI is InChI=1S/C20H19F2IN4O3/c21-12-7-17(26-16-2-1-13(23)9-15(16)22)19(20(24)29)18(8-12)30-6-3-14(28)10-27-5-4-25-11-27/h1-2,4-5,7-9,11,14,26,28H,3,6,10H2,(H2,24,29)/t14-/m1/s1. The molecule has 3 rings (SSSR count). The minimum Gasteiger partial charge on any atom is -0.492 e. The number of anilines is 2. The highest BCUT2D eigenvalue weighted by Crippen LogP contribution is 2.31. The van der Waals surface area contributed by atoms with Crippen molar-refractivity contribution in [2.24, 2.45) is 5.73 Å². The van der Waals surface area contributed by atoms with Crippen LogP contribution in [0.4, 0.5) is 20.2 Å². The zero-order valence-electron chi connectivity index (χ0n) is 15.7. The summed E-state index contributed by atoms with van der Waals surface area (Å²) in [4.78, 5) is 15.9. The van der Waals surface area contributed by atoms with E-state index in [9.17, 15) is 18.7 Å². The highest BCUT2D eigenvalue weighted by molar-refractivity contribution is 14.1. The van der Waals surface area contributed by atoms with Crippen LogP contribution in [0, 0.1) is 15.2 Å². The highest BCUT2D eigenvalue weighted by Gasteiger charge is 2.19. The van der Waals surface area contributed by atoms with Crippen LogP contribution in [-0.4, -0.2) is 33.3 Å². The Labute approximate surface area is 185 Å². The fourth-order valence-corrected chi connectivity index (χ4v) is 3.27. The molecule has 10 heteroatoms. The van der Waals surface area contributed by atoms with E-state index < -0.39 is 23.6 Å². The maximum absolute atomic E-state index is 14.2. The van der Waals surface area contributed by atoms with Gasteiger partial charge in [-0.2, -0.15) is 0 Å². The third-order valence-electron chi connectivity index (χ3n) is 4.20. The predicted molar refractivity (Wildman–Crippen MR) is 116 cm³/mol. The molecule has 4 N–H and O–H groups in total. The number of carbonyl (C=O) groups is 1. The predicted octanol–water partition coefficient (Wildman–Crippen LogP) is 3.44. The van der Waals surface area contributed by atoms with Crippen LogP contribution in [0.3, 0.4) is 0 Å². The molecule has 0 radical (unpaired) electrons. The first-order chi connectivity index (χ1) is 14.3. The number of hydrogen-bond acceptors (Lipinski definition) is 5. The number of carbonyl (C=O) groups excluding carboxylic acids is 1. The molecule has 0 spiro atoms. The third kappa shape index (κ3) is 5.66. The molecule has 1 atom stereocenters. The van der Waals surface area contributed by atoms with Gasteiger partial charge in [0.15, 0.2) is 0 Å². The molecule has 0 saturated heterocycles. The van der Waals surface area contributed by atoms with Crippen molar-refractivity contribution < 1.29 is 23.4 Å². The second-order valence-corrected chi connectivity index (χ2v) is 7.74. The Balaban J connectivity index is 1.76. The van der Waals surface area contributed by atoms with Gasteiger partial charge in [0.05, 0.1) is 30.4 Å². The van der Waals surface area contributed by atoms with Gasteiger partial charge in [0.25, 0.3) is 5.91 Å². The summed E-state index contributed by atoms with van der Waals surface area (Å²) >= 11 is 1.96. The molecular formula is C20H19F2IN4O3. The first-order valence-corrected chi connectivity index (χ1v) is 10.0. The first kappa shape index (κ1) is 22.0. The number of aromatic nitrogens is 2. The van der Waals surface area contributed by atoms with Crippen LogP contribution in [-0.2, 0) is 6.54 Å². The molecule has 1 heterocycles. The number of primary amides is 1. The van der Waals surface area contributed by atoms with E-state index in [0.717, 1.165) is 12.1 Å². The summed E-state index contributed by atoms with van der Waals surface area (Å²) in [5.41, 5.74) is 5.40. The molecule has 0 aliphatic heterocycles. The summed E-state index contributed by atoms with van der Waals surface area (Å²) in [6.45, 7) is 0.324. The molecule has 3 aromatic rings. The van der Waals surface area contributed by atoms with Crippen molar-refractivity contribution in [1.29, 1.82) is 0 Å². The summed E-state index contributed by atoms with van der Waals surface area (Å²) in [5, 5.41) is 12.8. The van der Waals surface area contributed by atoms with E-state index in [2.05, 4.69) is 10.3 Å². The summed E-state index contributed by atoms with van der Waals surface area (Å²) in [7, 11) is 0. The SMILES string of the molecule is NC(=O)c1c(Nc2ccc(I)cc2F)cc(F)cc1OCC[C@@H](O)Cn1ccnc1. The molecule has 2 aromatic carbocycles. The molecule has 0 unspecified atom stereocenters. The van der Waals surface area contributed by atoms with Gasteiger partial charge in [-0.25, -0.2) is 13.8 Å². The molecule has 30 heavy (non-hydrogen) atoms. The van der Waals surface area contributed by atoms with Crippen LogP contribution >= 0.6 is 22.6 Å². The van der Waals surface area contributed by atoms with Gasteiger partial charge in [0, 0.05) is 35.0 Å². The Hall–Kier alpha value is -2.73. The lowest BCUT2D eigenvalue weighted by Gasteiger charge is -2.17. The zero-order valence-corrected chi connectivity index (χ0v) is 17.8. The zero-order chi connectivity index (χ0) is 21.7. The van der Waals surface area contributed by atoms with Crippen molar-refractivity contribution in [3.8, 4) is 5.75 Å². The lowest BCUT2D eigenvalue weighted by Crippen LogP contribution is -2.20. The van der Waals surface area contributed by atoms with Crippen LogP contribution in [0.25, 0.3) is 0 Å². The fraction of sp³-hybridized carbons (Fsp3) is 0.200. The van der Waals surface area contributed by atoms with E-state index in [1.54, 1.807) is 29.4 Å². The molecule has 0 bridgehead atoms. The van der Waals surface area contributed by atoms with Crippen molar-refractivity contribution in [1.82, 2.24) is 9.55 Å². The van der Waals surface area contributed by atoms with Gasteiger partial charge in [0.2, 0.25) is 0 Å². The van der Waals surface area contributed by atoms with Crippen LogP contribution in [0.5, 0.6) is 5.75 Å². The number of nitrogens with two attached hydrogens (primary N) is 1. The number of aliphatic hydroxyl groups excluding tert-OH is 1. The molecule has 0 saturated carbocycles. The molecule has 7 nitrogen and oxygen atoms in total. The van der Waals surface area contributed by atoms with Crippen LogP contribution < -0.4 is 15.8 Å². The van der Waals surface area contributed by atoms with E-state index >= 15 is 0 Å². The Bertz CT molecular complexity index is 1030. The second-order valence-electron chi connectivity index (χ2n) is 6.49. The quantitative estimate of drug-likeness (QED) is 0.370. The largest absolute Gasteiger partial charge is 0.492 e. The number of rotatable bonds is 9. The minimum absolute atomic E-state index is 0.0108. The van der Waals surface area contributed by atoms with E-state index in [1.165, 1.54) is 12.1 Å². The summed E-state index contributed by atoms with van der Waals surface area (Å²) in [6.07, 6.45) is 4.37. The Morgan fingerprint density at radius 2 is 2.10 bits per heavy atom. The molecular weight excluding hydrogens is 509 g/mol. The lowest BCUT2D eigenvalue weighted by atomic mass is 10.1. The van der Waals surface area contributed by atoms with Gasteiger partial charge in [-0.1, -0.05) is 0 Å². The normalized spacial score (nSPS) is 11.9. The number of halogens is 3. The fourth-order valence-electron chi connectivity index (χ4n) is 2.82. The third-order valence-corrected chi connectivity index (χ3v) is 4.87. The molecule has 1 amide bonds. The monoisotopic (exact) mass is 528 g/mol. The summed E-state index contributed by atoms with van der Waals surface area (Å²) < 4.78 is 36.3. The number of aliphatic hydroxyl groups is 1. The number of amides is 1. The maximum atomic E-state index is 14.2. The van der Waals surface area contributed by atoms with Crippen LogP contribution in [0.1, 0.15) is 16.8 Å². The van der Waals surface area contributed by atoms with Crippen LogP contribution in [0.2, 0.25) is 0 Å². The van der Waals surface area contributed by atoms with Gasteiger partial charge < -0.3 is 25.5 Å². The number of nitrogens with zero attached hydrogens (tertiary/aromatic N) is 2. The number of hydrogen-bond donors (Lipinski definition) is 3. The van der Waals surface area contributed by atoms with Crippen molar-refractivity contribution in [2.45, 2.75) is 19.1 Å². The Morgan fingerprint density at radius 3 is 2.77 bits per heavy atom. The number of nitrogens with one attached hydrogen (secondary N) is 1. The molecule has 158 valence electrons. The second kappa shape index (κ2) is 9.85. The molecule has 0 fully saturated rings. The Kier molecular flexibility index (Phi) is 7.21. The van der Waals surface area contributed by atoms with Gasteiger partial charge in [-0.15, -0.1) is 0 Å². The molecule has 0 aliphatic carbocycles. The van der Waals surface area contributed by atoms with Gasteiger partial charge in [0.1, 0.15) is 22.9 Å². The highest BCUT2D eigenvalue weighted by atomic mass is 127. The maximum Gasteiger partial charge on any atom is 0.254 e. The van der Waals surface area contributed by atoms with Crippen molar-refractivity contribution in [2.75, 3.05) is 11.9 Å². The average Bonchev–Trinajstić information content (AvgIpc) is 3.16. The number of benzene rings is 2. The van der Waals surface area contributed by atoms with Crippen LogP contribution in [0.15, 0.2) is 49.1 Å². The summed E-state index contributed by atoms with van der Waals surface area (Å²) in [5.74, 6) is -2.21. The number of ether oxygens (including phenoxy) is 1. The van der Waals surface area contributed by atoms with E-state index in [-0.39, 0.29) is 35.7 Å². The van der Waals surface area contributed by atoms with E-state index in [4.69, 9.17) is 10.5 Å². The van der Waals surface area contributed by atoms with Crippen molar-refractivity contribution in [3.63, 3.8) is 0 Å². The molecule has 1 aromatic heterocycles. The smallest absolute Gasteiger partial charge is 0.254 e. The van der Waals surface area contributed by atoms with Crippen molar-refractivity contribution in [3.05, 3.63) is 69.8 Å². The van der Waals surface area contributed by atoms with E-state index in [1.807, 2.05) is 22.6 Å². The molecule has 0 aliphatic rings. The minimum atomic E-state index is -0.864. The topological polar surface area (TPSA) is 102 Å². The lowest BCUT2D eigenvalue weighted by molar-refractivity contribution is 0.0994. The first-order valence-electron chi connectivity index (χ1n) is 8.95. The van der Waals surface area contributed by atoms with Crippen molar-refractivity contribution >= 4 is 39.9 Å².